The summed E-state index contributed by atoms with van der Waals surface area (Å²) in [5.74, 6) is 0. The van der Waals surface area contributed by atoms with E-state index in [0.29, 0.717) is 0 Å². The van der Waals surface area contributed by atoms with Crippen molar-refractivity contribution in [1.29, 1.82) is 0 Å². The highest BCUT2D eigenvalue weighted by atomic mass is 16.7. The molecule has 1 N–H and O–H groups in total. The van der Waals surface area contributed by atoms with Gasteiger partial charge in [0.2, 0.25) is 0 Å². The van der Waals surface area contributed by atoms with Gasteiger partial charge in [-0.25, -0.2) is 0 Å². The monoisotopic (exact) mass is 146 g/mol. The zero-order valence-electron chi connectivity index (χ0n) is 6.63. The molecule has 60 valence electrons. The maximum Gasteiger partial charge on any atom is 0.189 e. The second kappa shape index (κ2) is 3.71. The third-order valence-electron chi connectivity index (χ3n) is 1.32. The normalized spacial score (nSPS) is 16.9. The standard InChI is InChI=1S/C7H14O3/c1-5-7(2,8)6(9-3)10-4/h5-6,8H,1H2,2-4H3. The van der Waals surface area contributed by atoms with Crippen molar-refractivity contribution in [2.75, 3.05) is 14.2 Å². The molecule has 0 heterocycles. The van der Waals surface area contributed by atoms with Gasteiger partial charge in [0.05, 0.1) is 0 Å². The van der Waals surface area contributed by atoms with Crippen LogP contribution in [-0.4, -0.2) is 31.2 Å². The molecular weight excluding hydrogens is 132 g/mol. The van der Waals surface area contributed by atoms with E-state index in [0.717, 1.165) is 0 Å². The average molecular weight is 146 g/mol. The summed E-state index contributed by atoms with van der Waals surface area (Å²) in [6, 6.07) is 0. The van der Waals surface area contributed by atoms with E-state index in [4.69, 9.17) is 9.47 Å². The highest BCUT2D eigenvalue weighted by Crippen LogP contribution is 2.13. The number of aliphatic hydroxyl groups is 1. The predicted molar refractivity (Wildman–Crippen MR) is 38.6 cm³/mol. The smallest absolute Gasteiger partial charge is 0.189 e. The van der Waals surface area contributed by atoms with Gasteiger partial charge < -0.3 is 14.6 Å². The highest BCUT2D eigenvalue weighted by Gasteiger charge is 2.28. The molecule has 0 aliphatic heterocycles. The summed E-state index contributed by atoms with van der Waals surface area (Å²) in [5, 5.41) is 9.41. The summed E-state index contributed by atoms with van der Waals surface area (Å²) in [6.07, 6.45) is 0.731. The molecule has 0 fully saturated rings. The second-order valence-electron chi connectivity index (χ2n) is 2.23. The molecule has 0 aromatic carbocycles. The minimum atomic E-state index is -1.12. The van der Waals surface area contributed by atoms with E-state index in [2.05, 4.69) is 6.58 Å². The van der Waals surface area contributed by atoms with Crippen LogP contribution in [0.25, 0.3) is 0 Å². The molecule has 0 saturated heterocycles. The minimum Gasteiger partial charge on any atom is -0.381 e. The van der Waals surface area contributed by atoms with Crippen LogP contribution >= 0.6 is 0 Å². The number of methoxy groups -OCH3 is 2. The maximum absolute atomic E-state index is 9.41. The van der Waals surface area contributed by atoms with Gasteiger partial charge in [-0.05, 0) is 6.92 Å². The molecule has 0 spiro atoms. The van der Waals surface area contributed by atoms with Crippen LogP contribution in [0, 0.1) is 0 Å². The Kier molecular flexibility index (Phi) is 3.57. The Hall–Kier alpha value is -0.380. The summed E-state index contributed by atoms with van der Waals surface area (Å²) in [7, 11) is 2.93. The summed E-state index contributed by atoms with van der Waals surface area (Å²) >= 11 is 0. The van der Waals surface area contributed by atoms with Gasteiger partial charge in [0.1, 0.15) is 5.60 Å². The molecule has 3 heteroatoms. The SMILES string of the molecule is C=CC(C)(O)C(OC)OC. The van der Waals surface area contributed by atoms with Gasteiger partial charge in [0.15, 0.2) is 6.29 Å². The lowest BCUT2D eigenvalue weighted by molar-refractivity contribution is -0.188. The van der Waals surface area contributed by atoms with E-state index < -0.39 is 11.9 Å². The van der Waals surface area contributed by atoms with Crippen LogP contribution in [0.15, 0.2) is 12.7 Å². The Morgan fingerprint density at radius 3 is 2.00 bits per heavy atom. The lowest BCUT2D eigenvalue weighted by atomic mass is 10.1. The van der Waals surface area contributed by atoms with E-state index in [1.165, 1.54) is 20.3 Å². The zero-order chi connectivity index (χ0) is 8.20. The molecule has 0 aromatic rings. The molecular formula is C7H14O3. The predicted octanol–water partition coefficient (Wildman–Crippen LogP) is 0.542. The minimum absolute atomic E-state index is 0.648. The summed E-state index contributed by atoms with van der Waals surface area (Å²) in [5.41, 5.74) is -1.12. The summed E-state index contributed by atoms with van der Waals surface area (Å²) in [4.78, 5) is 0. The Balaban J connectivity index is 4.10. The van der Waals surface area contributed by atoms with E-state index in [9.17, 15) is 5.11 Å². The van der Waals surface area contributed by atoms with Crippen LogP contribution in [-0.2, 0) is 9.47 Å². The molecule has 0 amide bonds. The molecule has 0 bridgehead atoms. The van der Waals surface area contributed by atoms with Crippen molar-refractivity contribution in [2.45, 2.75) is 18.8 Å². The average Bonchev–Trinajstić information content (AvgIpc) is 1.90. The number of rotatable bonds is 4. The van der Waals surface area contributed by atoms with Crippen LogP contribution < -0.4 is 0 Å². The van der Waals surface area contributed by atoms with Gasteiger partial charge in [-0.2, -0.15) is 0 Å². The Labute approximate surface area is 61.3 Å². The number of hydrogen-bond acceptors (Lipinski definition) is 3. The first-order chi connectivity index (χ1) is 4.58. The van der Waals surface area contributed by atoms with E-state index >= 15 is 0 Å². The fourth-order valence-corrected chi connectivity index (χ4v) is 0.670. The molecule has 0 aliphatic rings. The van der Waals surface area contributed by atoms with Crippen molar-refractivity contribution in [1.82, 2.24) is 0 Å². The third kappa shape index (κ3) is 2.10. The molecule has 0 saturated carbocycles. The molecule has 0 aromatic heterocycles. The van der Waals surface area contributed by atoms with Crippen molar-refractivity contribution in [3.63, 3.8) is 0 Å². The van der Waals surface area contributed by atoms with Crippen molar-refractivity contribution in [2.24, 2.45) is 0 Å². The maximum atomic E-state index is 9.41. The third-order valence-corrected chi connectivity index (χ3v) is 1.32. The Morgan fingerprint density at radius 2 is 1.90 bits per heavy atom. The van der Waals surface area contributed by atoms with Gasteiger partial charge in [-0.3, -0.25) is 0 Å². The second-order valence-corrected chi connectivity index (χ2v) is 2.23. The first-order valence-electron chi connectivity index (χ1n) is 3.00. The molecule has 0 radical (unpaired) electrons. The fraction of sp³-hybridized carbons (Fsp3) is 0.714. The van der Waals surface area contributed by atoms with Gasteiger partial charge in [-0.1, -0.05) is 6.08 Å². The lowest BCUT2D eigenvalue weighted by Gasteiger charge is -2.26. The van der Waals surface area contributed by atoms with Crippen molar-refractivity contribution >= 4 is 0 Å². The molecule has 0 aliphatic carbocycles. The molecule has 10 heavy (non-hydrogen) atoms. The number of hydrogen-bond donors (Lipinski definition) is 1. The van der Waals surface area contributed by atoms with Gasteiger partial charge in [0, 0.05) is 14.2 Å². The molecule has 1 unspecified atom stereocenters. The molecule has 0 rings (SSSR count). The largest absolute Gasteiger partial charge is 0.381 e. The van der Waals surface area contributed by atoms with Crippen molar-refractivity contribution in [3.05, 3.63) is 12.7 Å². The van der Waals surface area contributed by atoms with E-state index in [-0.39, 0.29) is 0 Å². The van der Waals surface area contributed by atoms with Gasteiger partial charge >= 0.3 is 0 Å². The van der Waals surface area contributed by atoms with Crippen LogP contribution in [0.5, 0.6) is 0 Å². The van der Waals surface area contributed by atoms with Gasteiger partial charge in [0.25, 0.3) is 0 Å². The lowest BCUT2D eigenvalue weighted by Crippen LogP contribution is -2.39. The van der Waals surface area contributed by atoms with Crippen molar-refractivity contribution < 1.29 is 14.6 Å². The van der Waals surface area contributed by atoms with Crippen LogP contribution in [0.3, 0.4) is 0 Å². The van der Waals surface area contributed by atoms with E-state index in [1.807, 2.05) is 0 Å². The van der Waals surface area contributed by atoms with Gasteiger partial charge in [-0.15, -0.1) is 6.58 Å². The zero-order valence-corrected chi connectivity index (χ0v) is 6.63. The Morgan fingerprint density at radius 1 is 1.50 bits per heavy atom. The first kappa shape index (κ1) is 9.62. The molecule has 3 nitrogen and oxygen atoms in total. The van der Waals surface area contributed by atoms with Crippen LogP contribution in [0.2, 0.25) is 0 Å². The number of ether oxygens (including phenoxy) is 2. The highest BCUT2D eigenvalue weighted by molar-refractivity contribution is 4.94. The van der Waals surface area contributed by atoms with Crippen LogP contribution in [0.1, 0.15) is 6.92 Å². The summed E-state index contributed by atoms with van der Waals surface area (Å²) in [6.45, 7) is 5.01. The quantitative estimate of drug-likeness (QED) is 0.465. The first-order valence-corrected chi connectivity index (χ1v) is 3.00. The Bertz CT molecular complexity index is 105. The fourth-order valence-electron chi connectivity index (χ4n) is 0.670. The van der Waals surface area contributed by atoms with Crippen LogP contribution in [0.4, 0.5) is 0 Å². The summed E-state index contributed by atoms with van der Waals surface area (Å²) < 4.78 is 9.62. The van der Waals surface area contributed by atoms with Crippen molar-refractivity contribution in [3.8, 4) is 0 Å². The van der Waals surface area contributed by atoms with E-state index in [1.54, 1.807) is 6.92 Å². The molecule has 1 atom stereocenters. The topological polar surface area (TPSA) is 38.7 Å².